The predicted octanol–water partition coefficient (Wildman–Crippen LogP) is 5.49. The topological polar surface area (TPSA) is 105 Å². The number of aliphatic carboxylic acids is 1. The Hall–Kier alpha value is -3.40. The molecule has 7 nitrogen and oxygen atoms in total. The van der Waals surface area contributed by atoms with Crippen LogP contribution >= 0.6 is 22.6 Å². The number of amides is 2. The quantitative estimate of drug-likeness (QED) is 0.304. The van der Waals surface area contributed by atoms with Gasteiger partial charge in [-0.15, -0.1) is 0 Å². The highest BCUT2D eigenvalue weighted by atomic mass is 127. The van der Waals surface area contributed by atoms with Gasteiger partial charge < -0.3 is 15.2 Å². The van der Waals surface area contributed by atoms with Gasteiger partial charge in [-0.25, -0.2) is 4.79 Å². The first-order chi connectivity index (χ1) is 16.8. The summed E-state index contributed by atoms with van der Waals surface area (Å²) < 4.78 is 6.27. The monoisotopic (exact) mass is 584 g/mol. The molecule has 0 saturated carbocycles. The standard InChI is InChI=1S/C27H25IN2O5/c1-16(26(32)33)12-13-29-25(31)17-10-11-24(23(28)14-17)30-27(34)35-15-22-20-8-4-2-6-18(20)19-7-3-5-9-21(19)22/h2-11,14,16,22H,12-13,15H2,1H3,(H,29,31)(H,30,34)(H,32,33). The summed E-state index contributed by atoms with van der Waals surface area (Å²) in [6.45, 7) is 2.08. The number of anilines is 1. The van der Waals surface area contributed by atoms with E-state index in [0.29, 0.717) is 21.2 Å². The zero-order chi connectivity index (χ0) is 24.9. The molecule has 35 heavy (non-hydrogen) atoms. The maximum Gasteiger partial charge on any atom is 0.411 e. The number of carboxylic acids is 1. The summed E-state index contributed by atoms with van der Waals surface area (Å²) in [6.07, 6.45) is -0.218. The second kappa shape index (κ2) is 10.9. The Morgan fingerprint density at radius 2 is 1.63 bits per heavy atom. The number of nitrogens with one attached hydrogen (secondary N) is 2. The van der Waals surface area contributed by atoms with Crippen molar-refractivity contribution in [1.29, 1.82) is 0 Å². The fourth-order valence-electron chi connectivity index (χ4n) is 4.13. The molecular formula is C27H25IN2O5. The first-order valence-electron chi connectivity index (χ1n) is 11.3. The van der Waals surface area contributed by atoms with Gasteiger partial charge in [0.25, 0.3) is 5.91 Å². The minimum atomic E-state index is -0.891. The Bertz CT molecular complexity index is 1230. The zero-order valence-corrected chi connectivity index (χ0v) is 21.2. The lowest BCUT2D eigenvalue weighted by atomic mass is 9.98. The summed E-state index contributed by atoms with van der Waals surface area (Å²) in [5.74, 6) is -1.74. The van der Waals surface area contributed by atoms with Crippen LogP contribution in [-0.4, -0.2) is 36.2 Å². The van der Waals surface area contributed by atoms with E-state index in [0.717, 1.165) is 22.3 Å². The maximum atomic E-state index is 12.6. The summed E-state index contributed by atoms with van der Waals surface area (Å²) in [5.41, 5.74) is 5.58. The Balaban J connectivity index is 1.34. The summed E-state index contributed by atoms with van der Waals surface area (Å²) >= 11 is 2.05. The molecule has 8 heteroatoms. The van der Waals surface area contributed by atoms with Crippen LogP contribution in [0.25, 0.3) is 11.1 Å². The molecule has 0 fully saturated rings. The Kier molecular flexibility index (Phi) is 7.70. The van der Waals surface area contributed by atoms with Crippen LogP contribution in [0.1, 0.15) is 40.7 Å². The molecule has 0 aromatic heterocycles. The van der Waals surface area contributed by atoms with Crippen LogP contribution in [0.5, 0.6) is 0 Å². The van der Waals surface area contributed by atoms with Gasteiger partial charge in [-0.05, 0) is 69.5 Å². The van der Waals surface area contributed by atoms with Crippen molar-refractivity contribution in [2.24, 2.45) is 5.92 Å². The molecule has 0 spiro atoms. The predicted molar refractivity (Wildman–Crippen MR) is 142 cm³/mol. The molecule has 1 aliphatic carbocycles. The molecule has 2 amide bonds. The fraction of sp³-hybridized carbons (Fsp3) is 0.222. The van der Waals surface area contributed by atoms with Crippen molar-refractivity contribution >= 4 is 46.2 Å². The molecule has 0 saturated heterocycles. The molecule has 180 valence electrons. The second-order valence-corrected chi connectivity index (χ2v) is 9.59. The Morgan fingerprint density at radius 3 is 2.23 bits per heavy atom. The summed E-state index contributed by atoms with van der Waals surface area (Å²) in [7, 11) is 0. The SMILES string of the molecule is CC(CCNC(=O)c1ccc(NC(=O)OCC2c3ccccc3-c3ccccc32)c(I)c1)C(=O)O. The average molecular weight is 584 g/mol. The molecule has 3 N–H and O–H groups in total. The number of hydrogen-bond donors (Lipinski definition) is 3. The molecule has 4 rings (SSSR count). The van der Waals surface area contributed by atoms with Crippen molar-refractivity contribution in [2.45, 2.75) is 19.3 Å². The number of ether oxygens (including phenoxy) is 1. The van der Waals surface area contributed by atoms with Gasteiger partial charge in [0.1, 0.15) is 6.61 Å². The van der Waals surface area contributed by atoms with Gasteiger partial charge in [0.2, 0.25) is 0 Å². The van der Waals surface area contributed by atoms with E-state index in [2.05, 4.69) is 34.9 Å². The molecule has 3 aromatic rings. The van der Waals surface area contributed by atoms with Crippen molar-refractivity contribution in [2.75, 3.05) is 18.5 Å². The lowest BCUT2D eigenvalue weighted by Crippen LogP contribution is -2.27. The van der Waals surface area contributed by atoms with Crippen LogP contribution in [0.4, 0.5) is 10.5 Å². The van der Waals surface area contributed by atoms with E-state index in [1.807, 2.05) is 46.9 Å². The van der Waals surface area contributed by atoms with E-state index in [4.69, 9.17) is 9.84 Å². The molecule has 1 unspecified atom stereocenters. The van der Waals surface area contributed by atoms with Crippen LogP contribution in [0.15, 0.2) is 66.7 Å². The van der Waals surface area contributed by atoms with Crippen molar-refractivity contribution in [1.82, 2.24) is 5.32 Å². The molecule has 1 aliphatic rings. The number of carbonyl (C=O) groups is 3. The average Bonchev–Trinajstić information content (AvgIpc) is 3.17. The second-order valence-electron chi connectivity index (χ2n) is 8.43. The van der Waals surface area contributed by atoms with Gasteiger partial charge in [0.05, 0.1) is 11.6 Å². The third-order valence-corrected chi connectivity index (χ3v) is 6.99. The van der Waals surface area contributed by atoms with E-state index in [1.54, 1.807) is 25.1 Å². The molecule has 0 bridgehead atoms. The van der Waals surface area contributed by atoms with Crippen LogP contribution in [-0.2, 0) is 9.53 Å². The van der Waals surface area contributed by atoms with Crippen molar-refractivity contribution in [3.63, 3.8) is 0 Å². The van der Waals surface area contributed by atoms with Gasteiger partial charge in [-0.2, -0.15) is 0 Å². The Labute approximate surface area is 217 Å². The van der Waals surface area contributed by atoms with E-state index in [1.165, 1.54) is 0 Å². The normalized spacial score (nSPS) is 12.9. The van der Waals surface area contributed by atoms with Crippen LogP contribution < -0.4 is 10.6 Å². The summed E-state index contributed by atoms with van der Waals surface area (Å²) in [4.78, 5) is 35.8. The minimum absolute atomic E-state index is 0.0258. The van der Waals surface area contributed by atoms with Crippen molar-refractivity contribution < 1.29 is 24.2 Å². The third kappa shape index (κ3) is 5.64. The molecule has 3 aromatic carbocycles. The van der Waals surface area contributed by atoms with Crippen molar-refractivity contribution in [3.8, 4) is 11.1 Å². The van der Waals surface area contributed by atoms with Gasteiger partial charge in [-0.1, -0.05) is 55.5 Å². The largest absolute Gasteiger partial charge is 0.481 e. The lowest BCUT2D eigenvalue weighted by molar-refractivity contribution is -0.141. The highest BCUT2D eigenvalue weighted by Crippen LogP contribution is 2.44. The van der Waals surface area contributed by atoms with E-state index in [9.17, 15) is 14.4 Å². The lowest BCUT2D eigenvalue weighted by Gasteiger charge is -2.15. The number of carboxylic acid groups (broad SMARTS) is 1. The van der Waals surface area contributed by atoms with Crippen molar-refractivity contribution in [3.05, 3.63) is 87.0 Å². The molecule has 0 heterocycles. The number of benzene rings is 3. The van der Waals surface area contributed by atoms with Gasteiger partial charge in [-0.3, -0.25) is 14.9 Å². The highest BCUT2D eigenvalue weighted by Gasteiger charge is 2.29. The van der Waals surface area contributed by atoms with Gasteiger partial charge in [0.15, 0.2) is 0 Å². The third-order valence-electron chi connectivity index (χ3n) is 6.10. The number of halogens is 1. The maximum absolute atomic E-state index is 12.6. The van der Waals surface area contributed by atoms with E-state index in [-0.39, 0.29) is 25.0 Å². The summed E-state index contributed by atoms with van der Waals surface area (Å²) in [6, 6.07) is 21.2. The molecule has 0 aliphatic heterocycles. The number of carbonyl (C=O) groups excluding carboxylic acids is 2. The summed E-state index contributed by atoms with van der Waals surface area (Å²) in [5, 5.41) is 14.4. The fourth-order valence-corrected chi connectivity index (χ4v) is 4.78. The smallest absolute Gasteiger partial charge is 0.411 e. The first-order valence-corrected chi connectivity index (χ1v) is 12.4. The van der Waals surface area contributed by atoms with E-state index >= 15 is 0 Å². The number of rotatable bonds is 8. The highest BCUT2D eigenvalue weighted by molar-refractivity contribution is 14.1. The molecule has 0 radical (unpaired) electrons. The number of hydrogen-bond acceptors (Lipinski definition) is 4. The zero-order valence-electron chi connectivity index (χ0n) is 19.1. The van der Waals surface area contributed by atoms with Crippen LogP contribution in [0.2, 0.25) is 0 Å². The first kappa shape index (κ1) is 24.7. The van der Waals surface area contributed by atoms with Crippen LogP contribution in [0.3, 0.4) is 0 Å². The van der Waals surface area contributed by atoms with Gasteiger partial charge in [0, 0.05) is 21.6 Å². The minimum Gasteiger partial charge on any atom is -0.481 e. The van der Waals surface area contributed by atoms with E-state index < -0.39 is 18.0 Å². The molecule has 1 atom stereocenters. The van der Waals surface area contributed by atoms with Crippen LogP contribution in [0, 0.1) is 9.49 Å². The molecular weight excluding hydrogens is 559 g/mol. The van der Waals surface area contributed by atoms with Gasteiger partial charge >= 0.3 is 12.1 Å². The Morgan fingerprint density at radius 1 is 1.00 bits per heavy atom. The number of fused-ring (bicyclic) bond motifs is 3.